The molecule has 3 heteroatoms. The Kier molecular flexibility index (Phi) is 6.14. The zero-order chi connectivity index (χ0) is 18.6. The van der Waals surface area contributed by atoms with Crippen LogP contribution in [0.1, 0.15) is 46.5 Å². The van der Waals surface area contributed by atoms with Gasteiger partial charge in [0.2, 0.25) is 5.91 Å². The molecular weight excluding hydrogens is 337 g/mol. The molecule has 1 fully saturated rings. The predicted molar refractivity (Wildman–Crippen MR) is 113 cm³/mol. The van der Waals surface area contributed by atoms with Gasteiger partial charge < -0.3 is 5.32 Å². The predicted octanol–water partition coefficient (Wildman–Crippen LogP) is 4.59. The average Bonchev–Trinajstić information content (AvgIpc) is 2.64. The van der Waals surface area contributed by atoms with Crippen LogP contribution in [0.4, 0.5) is 0 Å². The van der Waals surface area contributed by atoms with Crippen molar-refractivity contribution in [3.63, 3.8) is 0 Å². The number of hydrogen-bond acceptors (Lipinski definition) is 1. The molecule has 138 valence electrons. The highest BCUT2D eigenvalue weighted by Gasteiger charge is 2.36. The summed E-state index contributed by atoms with van der Waals surface area (Å²) >= 11 is 0. The van der Waals surface area contributed by atoms with Crippen LogP contribution in [0.3, 0.4) is 0 Å². The fraction of sp³-hybridized carbons (Fsp3) is 0.435. The van der Waals surface area contributed by atoms with Gasteiger partial charge in [-0.1, -0.05) is 94.3 Å². The topological polar surface area (TPSA) is 29.1 Å². The Hall–Kier alpha value is -1.66. The molecule has 2 atom stereocenters. The second-order valence-corrected chi connectivity index (χ2v) is 10.7. The first-order valence-electron chi connectivity index (χ1n) is 9.67. The van der Waals surface area contributed by atoms with Crippen molar-refractivity contribution in [2.75, 3.05) is 0 Å². The Labute approximate surface area is 159 Å². The summed E-state index contributed by atoms with van der Waals surface area (Å²) in [5.41, 5.74) is 0.152. The summed E-state index contributed by atoms with van der Waals surface area (Å²) < 4.78 is 0. The summed E-state index contributed by atoms with van der Waals surface area (Å²) in [6, 6.07) is 22.0. The SMILES string of the molecule is CC(C)(C)C(=O)N[C@@H]1CCCC[C@H]1P(c1ccccc1)c1ccccc1. The molecule has 1 amide bonds. The number of benzene rings is 2. The van der Waals surface area contributed by atoms with Crippen molar-refractivity contribution >= 4 is 24.4 Å². The minimum absolute atomic E-state index is 0.172. The molecule has 0 radical (unpaired) electrons. The van der Waals surface area contributed by atoms with Crippen LogP contribution >= 0.6 is 7.92 Å². The molecule has 0 spiro atoms. The van der Waals surface area contributed by atoms with Crippen LogP contribution in [0, 0.1) is 5.41 Å². The molecule has 1 N–H and O–H groups in total. The van der Waals surface area contributed by atoms with Crippen molar-refractivity contribution in [2.45, 2.75) is 58.2 Å². The lowest BCUT2D eigenvalue weighted by Crippen LogP contribution is -2.49. The van der Waals surface area contributed by atoms with Gasteiger partial charge in [0, 0.05) is 17.1 Å². The Morgan fingerprint density at radius 1 is 0.885 bits per heavy atom. The first-order chi connectivity index (χ1) is 12.5. The van der Waals surface area contributed by atoms with Gasteiger partial charge in [0.05, 0.1) is 0 Å². The van der Waals surface area contributed by atoms with E-state index in [1.807, 2.05) is 20.8 Å². The van der Waals surface area contributed by atoms with E-state index < -0.39 is 7.92 Å². The minimum atomic E-state index is -0.490. The zero-order valence-corrected chi connectivity index (χ0v) is 17.0. The second kappa shape index (κ2) is 8.35. The largest absolute Gasteiger partial charge is 0.352 e. The third kappa shape index (κ3) is 4.54. The Morgan fingerprint density at radius 3 is 1.88 bits per heavy atom. The van der Waals surface area contributed by atoms with E-state index >= 15 is 0 Å². The first kappa shape index (κ1) is 19.1. The lowest BCUT2D eigenvalue weighted by Gasteiger charge is -2.39. The van der Waals surface area contributed by atoms with Crippen molar-refractivity contribution in [3.8, 4) is 0 Å². The van der Waals surface area contributed by atoms with E-state index in [1.54, 1.807) is 0 Å². The fourth-order valence-corrected chi connectivity index (χ4v) is 6.76. The van der Waals surface area contributed by atoms with E-state index in [4.69, 9.17) is 0 Å². The summed E-state index contributed by atoms with van der Waals surface area (Å²) in [5, 5.41) is 6.23. The van der Waals surface area contributed by atoms with Crippen LogP contribution in [0.2, 0.25) is 0 Å². The van der Waals surface area contributed by atoms with Gasteiger partial charge in [0.1, 0.15) is 0 Å². The van der Waals surface area contributed by atoms with Crippen LogP contribution in [-0.2, 0) is 4.79 Å². The Bertz CT molecular complexity index is 668. The molecule has 0 saturated heterocycles. The maximum Gasteiger partial charge on any atom is 0.225 e. The van der Waals surface area contributed by atoms with Crippen LogP contribution in [0.25, 0.3) is 0 Å². The number of nitrogens with one attached hydrogen (secondary N) is 1. The maximum atomic E-state index is 12.7. The number of hydrogen-bond donors (Lipinski definition) is 1. The van der Waals surface area contributed by atoms with Crippen molar-refractivity contribution in [3.05, 3.63) is 60.7 Å². The average molecular weight is 367 g/mol. The third-order valence-electron chi connectivity index (χ3n) is 5.13. The second-order valence-electron chi connectivity index (χ2n) is 8.22. The van der Waals surface area contributed by atoms with E-state index in [1.165, 1.54) is 29.9 Å². The van der Waals surface area contributed by atoms with E-state index in [2.05, 4.69) is 66.0 Å². The zero-order valence-electron chi connectivity index (χ0n) is 16.1. The van der Waals surface area contributed by atoms with Crippen LogP contribution in [0.15, 0.2) is 60.7 Å². The van der Waals surface area contributed by atoms with Crippen molar-refractivity contribution in [2.24, 2.45) is 5.41 Å². The van der Waals surface area contributed by atoms with Crippen LogP contribution in [-0.4, -0.2) is 17.6 Å². The third-order valence-corrected chi connectivity index (χ3v) is 8.12. The van der Waals surface area contributed by atoms with Gasteiger partial charge in [-0.15, -0.1) is 0 Å². The molecule has 1 saturated carbocycles. The lowest BCUT2D eigenvalue weighted by atomic mass is 9.91. The molecule has 1 aliphatic carbocycles. The minimum Gasteiger partial charge on any atom is -0.352 e. The molecule has 2 aromatic carbocycles. The maximum absolute atomic E-state index is 12.7. The summed E-state index contributed by atoms with van der Waals surface area (Å²) in [6.07, 6.45) is 4.74. The molecular formula is C23H30NOP. The van der Waals surface area contributed by atoms with Crippen LogP contribution < -0.4 is 15.9 Å². The van der Waals surface area contributed by atoms with Gasteiger partial charge in [0.15, 0.2) is 0 Å². The summed E-state index contributed by atoms with van der Waals surface area (Å²) in [4.78, 5) is 12.7. The first-order valence-corrected chi connectivity index (χ1v) is 11.1. The van der Waals surface area contributed by atoms with Gasteiger partial charge in [-0.2, -0.15) is 0 Å². The van der Waals surface area contributed by atoms with E-state index in [9.17, 15) is 4.79 Å². The van der Waals surface area contributed by atoms with Gasteiger partial charge in [0.25, 0.3) is 0 Å². The van der Waals surface area contributed by atoms with Crippen molar-refractivity contribution in [1.82, 2.24) is 5.32 Å². The van der Waals surface area contributed by atoms with Crippen LogP contribution in [0.5, 0.6) is 0 Å². The van der Waals surface area contributed by atoms with Gasteiger partial charge >= 0.3 is 0 Å². The highest BCUT2D eigenvalue weighted by atomic mass is 31.1. The number of amides is 1. The van der Waals surface area contributed by atoms with Gasteiger partial charge in [-0.25, -0.2) is 0 Å². The normalized spacial score (nSPS) is 20.8. The summed E-state index contributed by atoms with van der Waals surface area (Å²) in [5.74, 6) is 0.172. The monoisotopic (exact) mass is 367 g/mol. The molecule has 0 bridgehead atoms. The fourth-order valence-electron chi connectivity index (χ4n) is 3.68. The molecule has 3 rings (SSSR count). The molecule has 0 aromatic heterocycles. The number of carbonyl (C=O) groups excluding carboxylic acids is 1. The van der Waals surface area contributed by atoms with E-state index in [0.29, 0.717) is 5.66 Å². The molecule has 26 heavy (non-hydrogen) atoms. The Morgan fingerprint density at radius 2 is 1.38 bits per heavy atom. The van der Waals surface area contributed by atoms with Gasteiger partial charge in [-0.3, -0.25) is 4.79 Å². The summed E-state index contributed by atoms with van der Waals surface area (Å²) in [6.45, 7) is 5.99. The van der Waals surface area contributed by atoms with E-state index in [-0.39, 0.29) is 17.4 Å². The lowest BCUT2D eigenvalue weighted by molar-refractivity contribution is -0.129. The molecule has 0 unspecified atom stereocenters. The Balaban J connectivity index is 1.94. The highest BCUT2D eigenvalue weighted by Crippen LogP contribution is 2.46. The summed E-state index contributed by atoms with van der Waals surface area (Å²) in [7, 11) is -0.490. The molecule has 2 aromatic rings. The standard InChI is InChI=1S/C23H30NOP/c1-23(2,3)22(25)24-20-16-10-11-17-21(20)26(18-12-6-4-7-13-18)19-14-8-5-9-15-19/h4-9,12-15,20-21H,10-11,16-17H2,1-3H3,(H,24,25)/t20-,21-/m1/s1. The highest BCUT2D eigenvalue weighted by molar-refractivity contribution is 7.73. The molecule has 2 nitrogen and oxygen atoms in total. The van der Waals surface area contributed by atoms with E-state index in [0.717, 1.165) is 6.42 Å². The number of carbonyl (C=O) groups is 1. The number of rotatable bonds is 4. The van der Waals surface area contributed by atoms with Crippen molar-refractivity contribution in [1.29, 1.82) is 0 Å². The molecule has 0 heterocycles. The quantitative estimate of drug-likeness (QED) is 0.787. The molecule has 1 aliphatic rings. The van der Waals surface area contributed by atoms with Gasteiger partial charge in [-0.05, 0) is 31.4 Å². The van der Waals surface area contributed by atoms with Crippen molar-refractivity contribution < 1.29 is 4.79 Å². The molecule has 0 aliphatic heterocycles. The smallest absolute Gasteiger partial charge is 0.225 e.